The number of methoxy groups -OCH3 is 1. The SMILES string of the molecule is CCCNC(C)COCCOCCCOC. The summed E-state index contributed by atoms with van der Waals surface area (Å²) in [5.41, 5.74) is 0. The largest absolute Gasteiger partial charge is 0.385 e. The van der Waals surface area contributed by atoms with Crippen molar-refractivity contribution in [3.63, 3.8) is 0 Å². The van der Waals surface area contributed by atoms with Crippen molar-refractivity contribution in [2.45, 2.75) is 32.7 Å². The zero-order valence-electron chi connectivity index (χ0n) is 11.0. The van der Waals surface area contributed by atoms with Crippen molar-refractivity contribution in [2.24, 2.45) is 0 Å². The van der Waals surface area contributed by atoms with E-state index in [9.17, 15) is 0 Å². The van der Waals surface area contributed by atoms with Gasteiger partial charge in [-0.3, -0.25) is 0 Å². The van der Waals surface area contributed by atoms with Gasteiger partial charge < -0.3 is 19.5 Å². The average molecular weight is 233 g/mol. The Balaban J connectivity index is 3.02. The summed E-state index contributed by atoms with van der Waals surface area (Å²) in [4.78, 5) is 0. The van der Waals surface area contributed by atoms with Crippen molar-refractivity contribution >= 4 is 0 Å². The highest BCUT2D eigenvalue weighted by Gasteiger charge is 1.99. The van der Waals surface area contributed by atoms with Crippen LogP contribution < -0.4 is 5.32 Å². The topological polar surface area (TPSA) is 39.7 Å². The molecule has 16 heavy (non-hydrogen) atoms. The van der Waals surface area contributed by atoms with Crippen LogP contribution in [0.1, 0.15) is 26.7 Å². The summed E-state index contributed by atoms with van der Waals surface area (Å²) in [6.07, 6.45) is 2.11. The van der Waals surface area contributed by atoms with E-state index in [1.165, 1.54) is 0 Å². The first-order chi connectivity index (χ1) is 7.81. The van der Waals surface area contributed by atoms with Gasteiger partial charge in [0.25, 0.3) is 0 Å². The predicted molar refractivity (Wildman–Crippen MR) is 65.9 cm³/mol. The van der Waals surface area contributed by atoms with Crippen molar-refractivity contribution < 1.29 is 14.2 Å². The maximum atomic E-state index is 5.48. The highest BCUT2D eigenvalue weighted by atomic mass is 16.5. The fraction of sp³-hybridized carbons (Fsp3) is 1.00. The van der Waals surface area contributed by atoms with Crippen LogP contribution in [0.25, 0.3) is 0 Å². The van der Waals surface area contributed by atoms with Gasteiger partial charge in [-0.15, -0.1) is 0 Å². The molecule has 1 N–H and O–H groups in total. The number of rotatable bonds is 12. The quantitative estimate of drug-likeness (QED) is 0.518. The van der Waals surface area contributed by atoms with Crippen molar-refractivity contribution in [1.29, 1.82) is 0 Å². The van der Waals surface area contributed by atoms with Crippen LogP contribution in [0.4, 0.5) is 0 Å². The molecule has 0 amide bonds. The van der Waals surface area contributed by atoms with Gasteiger partial charge in [-0.25, -0.2) is 0 Å². The first kappa shape index (κ1) is 15.8. The number of hydrogen-bond acceptors (Lipinski definition) is 4. The molecule has 0 aliphatic rings. The lowest BCUT2D eigenvalue weighted by Crippen LogP contribution is -2.31. The van der Waals surface area contributed by atoms with Gasteiger partial charge in [-0.1, -0.05) is 6.92 Å². The third-order valence-electron chi connectivity index (χ3n) is 2.12. The maximum absolute atomic E-state index is 5.48. The molecule has 0 bridgehead atoms. The molecular weight excluding hydrogens is 206 g/mol. The predicted octanol–water partition coefficient (Wildman–Crippen LogP) is 1.44. The first-order valence-electron chi connectivity index (χ1n) is 6.19. The molecular formula is C12H27NO3. The summed E-state index contributed by atoms with van der Waals surface area (Å²) in [6.45, 7) is 8.96. The number of nitrogens with one attached hydrogen (secondary N) is 1. The van der Waals surface area contributed by atoms with E-state index in [0.717, 1.165) is 39.2 Å². The van der Waals surface area contributed by atoms with Crippen LogP contribution in [-0.2, 0) is 14.2 Å². The molecule has 4 nitrogen and oxygen atoms in total. The molecule has 0 fully saturated rings. The molecule has 0 aromatic heterocycles. The lowest BCUT2D eigenvalue weighted by molar-refractivity contribution is 0.0341. The van der Waals surface area contributed by atoms with Gasteiger partial charge in [-0.2, -0.15) is 0 Å². The Bertz CT molecular complexity index is 133. The highest BCUT2D eigenvalue weighted by Crippen LogP contribution is 1.87. The van der Waals surface area contributed by atoms with Crippen molar-refractivity contribution in [2.75, 3.05) is 46.7 Å². The minimum absolute atomic E-state index is 0.424. The Hall–Kier alpha value is -0.160. The van der Waals surface area contributed by atoms with Crippen LogP contribution >= 0.6 is 0 Å². The minimum atomic E-state index is 0.424. The highest BCUT2D eigenvalue weighted by molar-refractivity contribution is 4.57. The molecule has 0 aromatic carbocycles. The summed E-state index contributed by atoms with van der Waals surface area (Å²) in [5.74, 6) is 0. The number of ether oxygens (including phenoxy) is 3. The van der Waals surface area contributed by atoms with Crippen LogP contribution in [0.15, 0.2) is 0 Å². The third kappa shape index (κ3) is 11.9. The molecule has 0 radical (unpaired) electrons. The van der Waals surface area contributed by atoms with E-state index in [-0.39, 0.29) is 0 Å². The second-order valence-electron chi connectivity index (χ2n) is 3.89. The zero-order chi connectivity index (χ0) is 12.1. The van der Waals surface area contributed by atoms with E-state index in [1.807, 2.05) is 0 Å². The Kier molecular flexibility index (Phi) is 12.8. The second kappa shape index (κ2) is 12.9. The molecule has 0 spiro atoms. The van der Waals surface area contributed by atoms with Gasteiger partial charge >= 0.3 is 0 Å². The third-order valence-corrected chi connectivity index (χ3v) is 2.12. The molecule has 0 aromatic rings. The van der Waals surface area contributed by atoms with E-state index in [1.54, 1.807) is 7.11 Å². The molecule has 1 unspecified atom stereocenters. The van der Waals surface area contributed by atoms with E-state index >= 15 is 0 Å². The van der Waals surface area contributed by atoms with Crippen molar-refractivity contribution in [3.05, 3.63) is 0 Å². The Morgan fingerprint density at radius 2 is 1.81 bits per heavy atom. The molecule has 4 heteroatoms. The van der Waals surface area contributed by atoms with E-state index in [2.05, 4.69) is 19.2 Å². The van der Waals surface area contributed by atoms with Gasteiger partial charge in [0.2, 0.25) is 0 Å². The normalized spacial score (nSPS) is 12.9. The molecule has 0 heterocycles. The van der Waals surface area contributed by atoms with Crippen LogP contribution in [0, 0.1) is 0 Å². The molecule has 0 aliphatic carbocycles. The van der Waals surface area contributed by atoms with E-state index in [4.69, 9.17) is 14.2 Å². The molecule has 0 aliphatic heterocycles. The van der Waals surface area contributed by atoms with Crippen LogP contribution in [0.2, 0.25) is 0 Å². The molecule has 98 valence electrons. The summed E-state index contributed by atoms with van der Waals surface area (Å²) in [7, 11) is 1.70. The average Bonchev–Trinajstić information content (AvgIpc) is 2.30. The Morgan fingerprint density at radius 1 is 1.06 bits per heavy atom. The fourth-order valence-corrected chi connectivity index (χ4v) is 1.24. The van der Waals surface area contributed by atoms with E-state index < -0.39 is 0 Å². The summed E-state index contributed by atoms with van der Waals surface area (Å²) < 4.78 is 15.8. The summed E-state index contributed by atoms with van der Waals surface area (Å²) in [5, 5.41) is 3.37. The first-order valence-corrected chi connectivity index (χ1v) is 6.19. The fourth-order valence-electron chi connectivity index (χ4n) is 1.24. The molecule has 0 saturated heterocycles. The van der Waals surface area contributed by atoms with Gasteiger partial charge in [0.1, 0.15) is 0 Å². The number of hydrogen-bond donors (Lipinski definition) is 1. The van der Waals surface area contributed by atoms with Crippen LogP contribution in [0.5, 0.6) is 0 Å². The lowest BCUT2D eigenvalue weighted by Gasteiger charge is -2.13. The van der Waals surface area contributed by atoms with Gasteiger partial charge in [0.15, 0.2) is 0 Å². The minimum Gasteiger partial charge on any atom is -0.385 e. The monoisotopic (exact) mass is 233 g/mol. The van der Waals surface area contributed by atoms with E-state index in [0.29, 0.717) is 19.3 Å². The Labute approximate surface area is 99.6 Å². The molecule has 1 atom stereocenters. The summed E-state index contributed by atoms with van der Waals surface area (Å²) >= 11 is 0. The zero-order valence-corrected chi connectivity index (χ0v) is 11.0. The van der Waals surface area contributed by atoms with Gasteiger partial charge in [-0.05, 0) is 26.3 Å². The van der Waals surface area contributed by atoms with Gasteiger partial charge in [0, 0.05) is 26.4 Å². The molecule has 0 saturated carbocycles. The van der Waals surface area contributed by atoms with Gasteiger partial charge in [0.05, 0.1) is 19.8 Å². The Morgan fingerprint density at radius 3 is 2.50 bits per heavy atom. The molecule has 0 rings (SSSR count). The standard InChI is InChI=1S/C12H27NO3/c1-4-6-13-12(2)11-16-10-9-15-8-5-7-14-3/h12-13H,4-11H2,1-3H3. The summed E-state index contributed by atoms with van der Waals surface area (Å²) in [6, 6.07) is 0.424. The van der Waals surface area contributed by atoms with Crippen molar-refractivity contribution in [3.8, 4) is 0 Å². The lowest BCUT2D eigenvalue weighted by atomic mass is 10.3. The second-order valence-corrected chi connectivity index (χ2v) is 3.89. The van der Waals surface area contributed by atoms with Crippen molar-refractivity contribution in [1.82, 2.24) is 5.32 Å². The smallest absolute Gasteiger partial charge is 0.0701 e. The van der Waals surface area contributed by atoms with Crippen LogP contribution in [-0.4, -0.2) is 52.7 Å². The van der Waals surface area contributed by atoms with Crippen LogP contribution in [0.3, 0.4) is 0 Å². The maximum Gasteiger partial charge on any atom is 0.0701 e.